The molecule has 0 aliphatic heterocycles. The number of aromatic hydroxyl groups is 1. The van der Waals surface area contributed by atoms with Crippen LogP contribution in [0.4, 0.5) is 0 Å². The average Bonchev–Trinajstić information content (AvgIpc) is 3.41. The fourth-order valence-corrected chi connectivity index (χ4v) is 3.90. The number of aromatic amines is 1. The minimum absolute atomic E-state index is 0.0313. The highest BCUT2D eigenvalue weighted by molar-refractivity contribution is 7.09. The second-order valence-corrected chi connectivity index (χ2v) is 9.01. The van der Waals surface area contributed by atoms with E-state index < -0.39 is 0 Å². The number of H-pyrrole nitrogens is 1. The smallest absolute Gasteiger partial charge is 0.134 e. The lowest BCUT2D eigenvalue weighted by atomic mass is 9.92. The van der Waals surface area contributed by atoms with Crippen LogP contribution in [0.3, 0.4) is 0 Å². The fraction of sp³-hybridized carbons (Fsp3) is 0.227. The first-order valence-electron chi connectivity index (χ1n) is 9.53. The Morgan fingerprint density at radius 2 is 1.93 bits per heavy atom. The molecule has 4 aromatic rings. The Balaban J connectivity index is 1.68. The van der Waals surface area contributed by atoms with Crippen LogP contribution in [-0.2, 0) is 12.0 Å². The zero-order valence-corrected chi connectivity index (χ0v) is 18.3. The van der Waals surface area contributed by atoms with Crippen molar-refractivity contribution in [1.29, 1.82) is 0 Å². The fourth-order valence-electron chi connectivity index (χ4n) is 3.20. The number of aromatic nitrogens is 4. The molecule has 0 radical (unpaired) electrons. The normalized spacial score (nSPS) is 11.7. The molecule has 3 N–H and O–H groups in total. The minimum atomic E-state index is -0.258. The Morgan fingerprint density at radius 3 is 2.63 bits per heavy atom. The summed E-state index contributed by atoms with van der Waals surface area (Å²) in [5, 5.41) is 16.9. The molecule has 1 aromatic carbocycles. The van der Waals surface area contributed by atoms with E-state index in [4.69, 9.17) is 16.6 Å². The summed E-state index contributed by atoms with van der Waals surface area (Å²) in [5.41, 5.74) is 3.14. The van der Waals surface area contributed by atoms with Crippen molar-refractivity contribution in [1.82, 2.24) is 25.3 Å². The van der Waals surface area contributed by atoms with Crippen LogP contribution in [0.25, 0.3) is 22.5 Å². The van der Waals surface area contributed by atoms with E-state index in [1.54, 1.807) is 35.9 Å². The van der Waals surface area contributed by atoms with Crippen LogP contribution in [0.1, 0.15) is 24.7 Å². The molecule has 0 bridgehead atoms. The van der Waals surface area contributed by atoms with Crippen molar-refractivity contribution >= 4 is 22.9 Å². The summed E-state index contributed by atoms with van der Waals surface area (Å²) in [6, 6.07) is 9.05. The monoisotopic (exact) mass is 439 g/mol. The Hall–Kier alpha value is -2.74. The maximum absolute atomic E-state index is 10.1. The number of benzene rings is 1. The third-order valence-corrected chi connectivity index (χ3v) is 5.96. The van der Waals surface area contributed by atoms with Gasteiger partial charge in [0.2, 0.25) is 0 Å². The number of thiazole rings is 1. The number of halogens is 1. The SMILES string of the molecule is CC(C)(CNCc1nccs1)c1nc(-c2ccc(Cl)c(O)c2)c(-c2ccncc2)[nH]1. The summed E-state index contributed by atoms with van der Waals surface area (Å²) in [6.45, 7) is 5.72. The largest absolute Gasteiger partial charge is 0.506 e. The van der Waals surface area contributed by atoms with Crippen molar-refractivity contribution in [3.8, 4) is 28.3 Å². The van der Waals surface area contributed by atoms with Gasteiger partial charge in [-0.3, -0.25) is 4.98 Å². The van der Waals surface area contributed by atoms with Crippen LogP contribution in [0.2, 0.25) is 5.02 Å². The van der Waals surface area contributed by atoms with E-state index in [0.717, 1.165) is 46.4 Å². The van der Waals surface area contributed by atoms with Gasteiger partial charge in [-0.1, -0.05) is 31.5 Å². The molecule has 3 aromatic heterocycles. The molecular weight excluding hydrogens is 418 g/mol. The molecule has 0 saturated carbocycles. The van der Waals surface area contributed by atoms with Crippen LogP contribution >= 0.6 is 22.9 Å². The first-order valence-corrected chi connectivity index (χ1v) is 10.8. The maximum atomic E-state index is 10.1. The molecule has 0 aliphatic carbocycles. The van der Waals surface area contributed by atoms with E-state index in [1.165, 1.54) is 0 Å². The molecule has 6 nitrogen and oxygen atoms in total. The van der Waals surface area contributed by atoms with Gasteiger partial charge < -0.3 is 15.4 Å². The van der Waals surface area contributed by atoms with Crippen molar-refractivity contribution in [2.45, 2.75) is 25.8 Å². The lowest BCUT2D eigenvalue weighted by Crippen LogP contribution is -2.33. The standard InChI is InChI=1S/C22H22ClN5OS/c1-22(2,13-25-12-18-26-9-10-30-18)21-27-19(14-5-7-24-8-6-14)20(28-21)15-3-4-16(23)17(29)11-15/h3-11,25,29H,12-13H2,1-2H3,(H,27,28). The Kier molecular flexibility index (Phi) is 5.85. The van der Waals surface area contributed by atoms with Gasteiger partial charge in [0, 0.05) is 53.6 Å². The molecule has 3 heterocycles. The molecule has 0 atom stereocenters. The van der Waals surface area contributed by atoms with Gasteiger partial charge >= 0.3 is 0 Å². The molecular formula is C22H22ClN5OS. The number of phenolic OH excluding ortho intramolecular Hbond substituents is 1. The van der Waals surface area contributed by atoms with Crippen molar-refractivity contribution in [2.24, 2.45) is 0 Å². The van der Waals surface area contributed by atoms with Crippen molar-refractivity contribution in [2.75, 3.05) is 6.54 Å². The predicted molar refractivity (Wildman–Crippen MR) is 121 cm³/mol. The second-order valence-electron chi connectivity index (χ2n) is 7.62. The van der Waals surface area contributed by atoms with Crippen LogP contribution in [0.5, 0.6) is 5.75 Å². The van der Waals surface area contributed by atoms with E-state index in [9.17, 15) is 5.11 Å². The van der Waals surface area contributed by atoms with Gasteiger partial charge in [-0.2, -0.15) is 0 Å². The van der Waals surface area contributed by atoms with Crippen LogP contribution < -0.4 is 5.32 Å². The lowest BCUT2D eigenvalue weighted by molar-refractivity contribution is 0.447. The van der Waals surface area contributed by atoms with Crippen LogP contribution in [-0.4, -0.2) is 31.6 Å². The predicted octanol–water partition coefficient (Wildman–Crippen LogP) is 5.02. The summed E-state index contributed by atoms with van der Waals surface area (Å²) >= 11 is 7.64. The molecule has 0 unspecified atom stereocenters. The number of nitrogens with zero attached hydrogens (tertiary/aromatic N) is 3. The number of nitrogens with one attached hydrogen (secondary N) is 2. The number of hydrogen-bond donors (Lipinski definition) is 3. The summed E-state index contributed by atoms with van der Waals surface area (Å²) < 4.78 is 0. The highest BCUT2D eigenvalue weighted by atomic mass is 35.5. The van der Waals surface area contributed by atoms with Crippen molar-refractivity contribution < 1.29 is 5.11 Å². The topological polar surface area (TPSA) is 86.7 Å². The summed E-state index contributed by atoms with van der Waals surface area (Å²) in [7, 11) is 0. The van der Waals surface area contributed by atoms with Gasteiger partial charge in [-0.15, -0.1) is 11.3 Å². The number of hydrogen-bond acceptors (Lipinski definition) is 6. The van der Waals surface area contributed by atoms with Gasteiger partial charge in [0.05, 0.1) is 16.4 Å². The van der Waals surface area contributed by atoms with Gasteiger partial charge in [0.1, 0.15) is 16.6 Å². The number of rotatable bonds is 7. The maximum Gasteiger partial charge on any atom is 0.134 e. The quantitative estimate of drug-likeness (QED) is 0.376. The van der Waals surface area contributed by atoms with Gasteiger partial charge in [0.15, 0.2) is 0 Å². The lowest BCUT2D eigenvalue weighted by Gasteiger charge is -2.22. The Morgan fingerprint density at radius 1 is 1.13 bits per heavy atom. The molecule has 4 rings (SSSR count). The van der Waals surface area contributed by atoms with Crippen molar-refractivity contribution in [3.63, 3.8) is 0 Å². The van der Waals surface area contributed by atoms with Crippen LogP contribution in [0.15, 0.2) is 54.3 Å². The summed E-state index contributed by atoms with van der Waals surface area (Å²) in [6.07, 6.45) is 5.31. The highest BCUT2D eigenvalue weighted by Crippen LogP contribution is 2.36. The Bertz CT molecular complexity index is 1130. The molecule has 30 heavy (non-hydrogen) atoms. The molecule has 0 saturated heterocycles. The second kappa shape index (κ2) is 8.55. The zero-order chi connectivity index (χ0) is 21.1. The first-order chi connectivity index (χ1) is 14.4. The van der Waals surface area contributed by atoms with Gasteiger partial charge in [-0.05, 0) is 24.3 Å². The third kappa shape index (κ3) is 4.38. The summed E-state index contributed by atoms with van der Waals surface area (Å²) in [4.78, 5) is 16.9. The van der Waals surface area contributed by atoms with E-state index in [1.807, 2.05) is 29.8 Å². The molecule has 0 spiro atoms. The Labute approximate surface area is 184 Å². The number of pyridine rings is 1. The van der Waals surface area contributed by atoms with E-state index >= 15 is 0 Å². The summed E-state index contributed by atoms with van der Waals surface area (Å²) in [5.74, 6) is 0.883. The number of phenols is 1. The van der Waals surface area contributed by atoms with E-state index in [-0.39, 0.29) is 11.2 Å². The van der Waals surface area contributed by atoms with Gasteiger partial charge in [0.25, 0.3) is 0 Å². The molecule has 0 fully saturated rings. The van der Waals surface area contributed by atoms with Crippen LogP contribution in [0, 0.1) is 0 Å². The van der Waals surface area contributed by atoms with E-state index in [0.29, 0.717) is 5.02 Å². The third-order valence-electron chi connectivity index (χ3n) is 4.86. The number of imidazole rings is 1. The minimum Gasteiger partial charge on any atom is -0.506 e. The molecule has 8 heteroatoms. The molecule has 0 amide bonds. The first kappa shape index (κ1) is 20.5. The van der Waals surface area contributed by atoms with Gasteiger partial charge in [-0.25, -0.2) is 9.97 Å². The van der Waals surface area contributed by atoms with Crippen molar-refractivity contribution in [3.05, 3.63) is 70.2 Å². The average molecular weight is 440 g/mol. The molecule has 154 valence electrons. The molecule has 0 aliphatic rings. The van der Waals surface area contributed by atoms with E-state index in [2.05, 4.69) is 34.1 Å². The highest BCUT2D eigenvalue weighted by Gasteiger charge is 2.27. The zero-order valence-electron chi connectivity index (χ0n) is 16.7.